The van der Waals surface area contributed by atoms with Crippen molar-refractivity contribution in [2.75, 3.05) is 0 Å². The van der Waals surface area contributed by atoms with E-state index in [4.69, 9.17) is 4.74 Å². The van der Waals surface area contributed by atoms with Gasteiger partial charge in [-0.15, -0.1) is 0 Å². The van der Waals surface area contributed by atoms with Crippen LogP contribution >= 0.6 is 0 Å². The van der Waals surface area contributed by atoms with Gasteiger partial charge in [-0.05, 0) is 6.92 Å². The lowest BCUT2D eigenvalue weighted by atomic mass is 9.51. The second kappa shape index (κ2) is 2.21. The minimum atomic E-state index is -0.234. The zero-order valence-corrected chi connectivity index (χ0v) is 9.45. The van der Waals surface area contributed by atoms with Gasteiger partial charge in [0.05, 0.1) is 12.0 Å². The summed E-state index contributed by atoms with van der Waals surface area (Å²) in [6.45, 7) is 4.25. The van der Waals surface area contributed by atoms with E-state index in [-0.39, 0.29) is 40.9 Å². The van der Waals surface area contributed by atoms with Crippen molar-refractivity contribution in [3.63, 3.8) is 0 Å². The molecular formula is C12H15NO3. The fourth-order valence-electron chi connectivity index (χ4n) is 4.81. The number of ketones is 1. The molecule has 0 spiro atoms. The van der Waals surface area contributed by atoms with Crippen LogP contribution in [0, 0.1) is 17.3 Å². The molecule has 1 N–H and O–H groups in total. The van der Waals surface area contributed by atoms with E-state index in [1.54, 1.807) is 0 Å². The molecule has 0 amide bonds. The summed E-state index contributed by atoms with van der Waals surface area (Å²) in [6, 6.07) is 0.153. The number of ether oxygens (including phenoxy) is 1. The quantitative estimate of drug-likeness (QED) is 0.596. The van der Waals surface area contributed by atoms with Crippen molar-refractivity contribution in [1.29, 1.82) is 0 Å². The van der Waals surface area contributed by atoms with E-state index < -0.39 is 0 Å². The molecule has 6 atom stereocenters. The van der Waals surface area contributed by atoms with E-state index in [9.17, 15) is 9.59 Å². The Balaban J connectivity index is 1.96. The third-order valence-corrected chi connectivity index (χ3v) is 5.71. The summed E-state index contributed by atoms with van der Waals surface area (Å²) < 4.78 is 5.48. The van der Waals surface area contributed by atoms with E-state index in [1.165, 1.54) is 0 Å². The zero-order chi connectivity index (χ0) is 11.3. The molecular weight excluding hydrogens is 206 g/mol. The molecule has 0 aromatic rings. The van der Waals surface area contributed by atoms with Gasteiger partial charge in [0, 0.05) is 29.7 Å². The number of carbonyl (C=O) groups is 2. The van der Waals surface area contributed by atoms with Crippen molar-refractivity contribution in [2.45, 2.75) is 44.4 Å². The fraction of sp³-hybridized carbons (Fsp3) is 0.833. The van der Waals surface area contributed by atoms with Crippen molar-refractivity contribution in [3.8, 4) is 0 Å². The Morgan fingerprint density at radius 2 is 2.12 bits per heavy atom. The third kappa shape index (κ3) is 0.655. The molecule has 1 aliphatic carbocycles. The lowest BCUT2D eigenvalue weighted by Crippen LogP contribution is -2.59. The number of Topliss-reactive ketones (excluding diaryl/α,β-unsaturated/α-hetero) is 1. The van der Waals surface area contributed by atoms with Crippen LogP contribution in [0.5, 0.6) is 0 Å². The van der Waals surface area contributed by atoms with Gasteiger partial charge in [-0.3, -0.25) is 9.59 Å². The Kier molecular flexibility index (Phi) is 1.26. The van der Waals surface area contributed by atoms with Gasteiger partial charge >= 0.3 is 5.97 Å². The summed E-state index contributed by atoms with van der Waals surface area (Å²) in [7, 11) is 0. The van der Waals surface area contributed by atoms with Gasteiger partial charge in [-0.25, -0.2) is 0 Å². The minimum absolute atomic E-state index is 0.0557. The lowest BCUT2D eigenvalue weighted by Gasteiger charge is -2.50. The van der Waals surface area contributed by atoms with Crippen LogP contribution in [0.15, 0.2) is 0 Å². The predicted molar refractivity (Wildman–Crippen MR) is 54.5 cm³/mol. The molecule has 16 heavy (non-hydrogen) atoms. The maximum atomic E-state index is 11.9. The average molecular weight is 221 g/mol. The van der Waals surface area contributed by atoms with E-state index in [1.807, 2.05) is 0 Å². The minimum Gasteiger partial charge on any atom is -0.460 e. The molecule has 0 aromatic heterocycles. The van der Waals surface area contributed by atoms with E-state index in [2.05, 4.69) is 19.2 Å². The predicted octanol–water partition coefficient (Wildman–Crippen LogP) is 0.257. The molecule has 4 rings (SSSR count). The topological polar surface area (TPSA) is 55.4 Å². The highest BCUT2D eigenvalue weighted by Crippen LogP contribution is 2.65. The smallest absolute Gasteiger partial charge is 0.311 e. The van der Waals surface area contributed by atoms with Crippen molar-refractivity contribution in [1.82, 2.24) is 5.32 Å². The molecule has 0 unspecified atom stereocenters. The molecule has 4 aliphatic rings. The summed E-state index contributed by atoms with van der Waals surface area (Å²) in [6.07, 6.45) is 1.04. The molecule has 0 radical (unpaired) electrons. The Morgan fingerprint density at radius 3 is 2.88 bits per heavy atom. The van der Waals surface area contributed by atoms with E-state index >= 15 is 0 Å². The standard InChI is InChI=1S/C12H15NO3/c1-11-4-5(14)3-6-9-8(13-12(6,11)2)7(11)10(15)16-9/h6-9,13H,3-4H2,1-2H3/t6-,7+,8-,9+,11-,12-/m1/s1. The monoisotopic (exact) mass is 221 g/mol. The number of hydrogen-bond acceptors (Lipinski definition) is 4. The van der Waals surface area contributed by atoms with Crippen molar-refractivity contribution in [3.05, 3.63) is 0 Å². The Bertz CT molecular complexity index is 434. The molecule has 4 heteroatoms. The van der Waals surface area contributed by atoms with Crippen LogP contribution in [0.25, 0.3) is 0 Å². The van der Waals surface area contributed by atoms with Crippen LogP contribution < -0.4 is 5.32 Å². The van der Waals surface area contributed by atoms with Gasteiger partial charge in [0.2, 0.25) is 0 Å². The summed E-state index contributed by atoms with van der Waals surface area (Å²) >= 11 is 0. The number of esters is 1. The Morgan fingerprint density at radius 1 is 1.38 bits per heavy atom. The van der Waals surface area contributed by atoms with E-state index in [0.717, 1.165) is 0 Å². The van der Waals surface area contributed by atoms with Gasteiger partial charge in [-0.1, -0.05) is 6.92 Å². The Hall–Kier alpha value is -0.900. The maximum Gasteiger partial charge on any atom is 0.311 e. The van der Waals surface area contributed by atoms with E-state index in [0.29, 0.717) is 18.6 Å². The summed E-state index contributed by atoms with van der Waals surface area (Å²) in [5.74, 6) is 0.279. The van der Waals surface area contributed by atoms with Crippen LogP contribution in [-0.4, -0.2) is 29.4 Å². The average Bonchev–Trinajstić information content (AvgIpc) is 2.67. The van der Waals surface area contributed by atoms with Crippen LogP contribution in [0.2, 0.25) is 0 Å². The number of nitrogens with one attached hydrogen (secondary N) is 1. The van der Waals surface area contributed by atoms with Gasteiger partial charge in [-0.2, -0.15) is 0 Å². The largest absolute Gasteiger partial charge is 0.460 e. The van der Waals surface area contributed by atoms with Gasteiger partial charge < -0.3 is 10.1 Å². The first kappa shape index (κ1) is 9.16. The maximum absolute atomic E-state index is 11.9. The summed E-state index contributed by atoms with van der Waals surface area (Å²) in [5.41, 5.74) is -0.325. The van der Waals surface area contributed by atoms with Crippen molar-refractivity contribution >= 4 is 11.8 Å². The SMILES string of the molecule is C[C@@]12CC(=O)C[C@@H]3[C@@H]4OC(=O)[C@@H]1[C@H]4N[C@]32C. The molecule has 1 saturated carbocycles. The number of rotatable bonds is 0. The number of carbonyl (C=O) groups excluding carboxylic acids is 2. The van der Waals surface area contributed by atoms with Gasteiger partial charge in [0.15, 0.2) is 0 Å². The summed E-state index contributed by atoms with van der Waals surface area (Å²) in [5, 5.41) is 3.56. The normalized spacial score (nSPS) is 61.6. The second-order valence-electron chi connectivity index (χ2n) is 6.20. The molecule has 3 saturated heterocycles. The molecule has 4 fully saturated rings. The fourth-order valence-corrected chi connectivity index (χ4v) is 4.81. The van der Waals surface area contributed by atoms with Crippen LogP contribution in [-0.2, 0) is 14.3 Å². The van der Waals surface area contributed by atoms with Crippen LogP contribution in [0.1, 0.15) is 26.7 Å². The highest BCUT2D eigenvalue weighted by Gasteiger charge is 2.78. The first-order valence-electron chi connectivity index (χ1n) is 5.97. The first-order chi connectivity index (χ1) is 7.47. The molecule has 3 heterocycles. The molecule has 2 bridgehead atoms. The second-order valence-corrected chi connectivity index (χ2v) is 6.20. The lowest BCUT2D eigenvalue weighted by molar-refractivity contribution is -0.145. The Labute approximate surface area is 93.7 Å². The van der Waals surface area contributed by atoms with Crippen molar-refractivity contribution < 1.29 is 14.3 Å². The molecule has 3 aliphatic heterocycles. The zero-order valence-electron chi connectivity index (χ0n) is 9.45. The summed E-state index contributed by atoms with van der Waals surface area (Å²) in [4.78, 5) is 23.7. The molecule has 86 valence electrons. The molecule has 0 aromatic carbocycles. The number of hydrogen-bond donors (Lipinski definition) is 1. The highest BCUT2D eigenvalue weighted by atomic mass is 16.6. The number of fused-ring (bicyclic) bond motifs is 2. The van der Waals surface area contributed by atoms with Gasteiger partial charge in [0.25, 0.3) is 0 Å². The van der Waals surface area contributed by atoms with Crippen LogP contribution in [0.3, 0.4) is 0 Å². The highest BCUT2D eigenvalue weighted by molar-refractivity contribution is 5.87. The van der Waals surface area contributed by atoms with Crippen LogP contribution in [0.4, 0.5) is 0 Å². The van der Waals surface area contributed by atoms with Gasteiger partial charge in [0.1, 0.15) is 11.9 Å². The van der Waals surface area contributed by atoms with Crippen molar-refractivity contribution in [2.24, 2.45) is 17.3 Å². The first-order valence-corrected chi connectivity index (χ1v) is 5.97. The molecule has 4 nitrogen and oxygen atoms in total. The third-order valence-electron chi connectivity index (χ3n) is 5.71.